The maximum atomic E-state index is 12.3. The summed E-state index contributed by atoms with van der Waals surface area (Å²) in [6.45, 7) is 3.68. The first kappa shape index (κ1) is 14.2. The summed E-state index contributed by atoms with van der Waals surface area (Å²) < 4.78 is 0. The zero-order valence-electron chi connectivity index (χ0n) is 11.9. The fourth-order valence-corrected chi connectivity index (χ4v) is 3.36. The first-order valence-electron chi connectivity index (χ1n) is 7.04. The van der Waals surface area contributed by atoms with Gasteiger partial charge in [-0.25, -0.2) is 4.98 Å². The van der Waals surface area contributed by atoms with E-state index in [9.17, 15) is 4.79 Å². The number of fused-ring (bicyclic) bond motifs is 1. The molecule has 3 heterocycles. The van der Waals surface area contributed by atoms with Crippen LogP contribution >= 0.6 is 11.8 Å². The Hall–Kier alpha value is -1.73. The maximum absolute atomic E-state index is 12.3. The minimum absolute atomic E-state index is 0.0696. The minimum atomic E-state index is -0.0782. The monoisotopic (exact) mass is 305 g/mol. The highest BCUT2D eigenvalue weighted by molar-refractivity contribution is 8.04. The number of amides is 1. The molecule has 7 heteroatoms. The van der Waals surface area contributed by atoms with Crippen molar-refractivity contribution in [3.05, 3.63) is 28.9 Å². The molecule has 6 nitrogen and oxygen atoms in total. The Morgan fingerprint density at radius 2 is 2.48 bits per heavy atom. The van der Waals surface area contributed by atoms with Crippen LogP contribution in [-0.4, -0.2) is 35.9 Å². The molecule has 0 aliphatic carbocycles. The van der Waals surface area contributed by atoms with Crippen molar-refractivity contribution in [3.63, 3.8) is 0 Å². The van der Waals surface area contributed by atoms with Gasteiger partial charge in [-0.3, -0.25) is 4.79 Å². The minimum Gasteiger partial charge on any atom is -0.389 e. The highest BCUT2D eigenvalue weighted by atomic mass is 32.2. The van der Waals surface area contributed by atoms with E-state index in [0.717, 1.165) is 42.3 Å². The van der Waals surface area contributed by atoms with Crippen LogP contribution in [0.2, 0.25) is 0 Å². The van der Waals surface area contributed by atoms with Crippen LogP contribution in [0.4, 0.5) is 11.5 Å². The molecule has 0 unspecified atom stereocenters. The van der Waals surface area contributed by atoms with Crippen LogP contribution in [0, 0.1) is 0 Å². The van der Waals surface area contributed by atoms with Crippen molar-refractivity contribution in [2.24, 2.45) is 5.73 Å². The van der Waals surface area contributed by atoms with Gasteiger partial charge < -0.3 is 21.3 Å². The number of pyridine rings is 1. The van der Waals surface area contributed by atoms with E-state index in [-0.39, 0.29) is 12.1 Å². The molecule has 0 aromatic carbocycles. The molecule has 3 rings (SSSR count). The third kappa shape index (κ3) is 2.84. The van der Waals surface area contributed by atoms with Gasteiger partial charge in [0, 0.05) is 42.5 Å². The fourth-order valence-electron chi connectivity index (χ4n) is 2.57. The highest BCUT2D eigenvalue weighted by Gasteiger charge is 2.26. The van der Waals surface area contributed by atoms with Gasteiger partial charge in [0.15, 0.2) is 0 Å². The summed E-state index contributed by atoms with van der Waals surface area (Å²) in [7, 11) is 0. The first-order chi connectivity index (χ1) is 10.2. The van der Waals surface area contributed by atoms with Gasteiger partial charge in [-0.15, -0.1) is 11.8 Å². The fraction of sp³-hybridized carbons (Fsp3) is 0.429. The number of aromatic nitrogens is 1. The maximum Gasteiger partial charge on any atom is 0.263 e. The number of thioether (sulfide) groups is 1. The highest BCUT2D eigenvalue weighted by Crippen LogP contribution is 2.32. The summed E-state index contributed by atoms with van der Waals surface area (Å²) in [6, 6.07) is 1.85. The number of nitrogens with zero attached hydrogens (tertiary/aromatic N) is 2. The molecule has 0 spiro atoms. The predicted octanol–water partition coefficient (Wildman–Crippen LogP) is 0.865. The lowest BCUT2D eigenvalue weighted by atomic mass is 10.2. The number of carbonyl (C=O) groups excluding carboxylic acids is 1. The number of nitrogens with one attached hydrogen (secondary N) is 2. The molecule has 0 fully saturated rings. The van der Waals surface area contributed by atoms with Crippen LogP contribution in [0.25, 0.3) is 0 Å². The molecule has 2 aliphatic rings. The Balaban J connectivity index is 1.81. The second-order valence-electron chi connectivity index (χ2n) is 5.11. The third-order valence-corrected chi connectivity index (χ3v) is 4.63. The van der Waals surface area contributed by atoms with E-state index in [1.165, 1.54) is 0 Å². The van der Waals surface area contributed by atoms with Crippen molar-refractivity contribution in [1.82, 2.24) is 10.3 Å². The van der Waals surface area contributed by atoms with Gasteiger partial charge in [0.1, 0.15) is 5.82 Å². The second kappa shape index (κ2) is 5.95. The Labute approximate surface area is 128 Å². The molecule has 0 saturated carbocycles. The summed E-state index contributed by atoms with van der Waals surface area (Å²) in [4.78, 5) is 19.5. The molecular weight excluding hydrogens is 286 g/mol. The average Bonchev–Trinajstić information content (AvgIpc) is 2.93. The van der Waals surface area contributed by atoms with Crippen molar-refractivity contribution in [3.8, 4) is 0 Å². The summed E-state index contributed by atoms with van der Waals surface area (Å²) in [5.74, 6) is 1.72. The van der Waals surface area contributed by atoms with Crippen LogP contribution in [0.15, 0.2) is 23.4 Å². The van der Waals surface area contributed by atoms with Crippen molar-refractivity contribution in [1.29, 1.82) is 0 Å². The molecule has 1 aromatic heterocycles. The number of anilines is 2. The summed E-state index contributed by atoms with van der Waals surface area (Å²) in [5, 5.41) is 6.09. The average molecular weight is 305 g/mol. The Morgan fingerprint density at radius 3 is 3.19 bits per heavy atom. The van der Waals surface area contributed by atoms with Crippen LogP contribution in [0.3, 0.4) is 0 Å². The smallest absolute Gasteiger partial charge is 0.263 e. The molecule has 0 radical (unpaired) electrons. The zero-order valence-corrected chi connectivity index (χ0v) is 12.7. The van der Waals surface area contributed by atoms with Gasteiger partial charge in [0.25, 0.3) is 5.91 Å². The Kier molecular flexibility index (Phi) is 4.03. The topological polar surface area (TPSA) is 83.3 Å². The quantitative estimate of drug-likeness (QED) is 0.768. The number of hydrogen-bond donors (Lipinski definition) is 3. The van der Waals surface area contributed by atoms with Gasteiger partial charge in [0.2, 0.25) is 0 Å². The van der Waals surface area contributed by atoms with Crippen molar-refractivity contribution < 1.29 is 4.79 Å². The zero-order chi connectivity index (χ0) is 14.8. The van der Waals surface area contributed by atoms with Gasteiger partial charge >= 0.3 is 0 Å². The lowest BCUT2D eigenvalue weighted by molar-refractivity contribution is -0.112. The van der Waals surface area contributed by atoms with E-state index in [1.807, 2.05) is 13.0 Å². The summed E-state index contributed by atoms with van der Waals surface area (Å²) in [6.07, 6.45) is 4.27. The lowest BCUT2D eigenvalue weighted by Crippen LogP contribution is -2.38. The predicted molar refractivity (Wildman–Crippen MR) is 86.1 cm³/mol. The number of carbonyl (C=O) groups is 1. The normalized spacial score (nSPS) is 18.6. The molecule has 21 heavy (non-hydrogen) atoms. The second-order valence-corrected chi connectivity index (χ2v) is 6.25. The van der Waals surface area contributed by atoms with Gasteiger partial charge in [-0.05, 0) is 19.4 Å². The molecule has 1 atom stereocenters. The van der Waals surface area contributed by atoms with Crippen LogP contribution < -0.4 is 21.3 Å². The van der Waals surface area contributed by atoms with Gasteiger partial charge in [0.05, 0.1) is 11.1 Å². The van der Waals surface area contributed by atoms with Crippen molar-refractivity contribution >= 4 is 29.2 Å². The molecule has 1 aromatic rings. The number of hydrogen-bond acceptors (Lipinski definition) is 6. The Morgan fingerprint density at radius 1 is 1.62 bits per heavy atom. The van der Waals surface area contributed by atoms with E-state index in [4.69, 9.17) is 5.73 Å². The SMILES string of the molecule is C[C@H](N)N1CCc2c(NC(=O)C3=CNCCS3)ccnc21. The number of nitrogens with two attached hydrogens (primary N) is 1. The molecule has 4 N–H and O–H groups in total. The van der Waals surface area contributed by atoms with E-state index in [2.05, 4.69) is 20.5 Å². The molecule has 2 aliphatic heterocycles. The van der Waals surface area contributed by atoms with E-state index < -0.39 is 0 Å². The van der Waals surface area contributed by atoms with Crippen molar-refractivity contribution in [2.75, 3.05) is 29.1 Å². The third-order valence-electron chi connectivity index (χ3n) is 3.61. The Bertz CT molecular complexity index is 587. The standard InChI is InChI=1S/C14H19N5OS/c1-9(15)19-6-3-10-11(2-4-17-13(10)19)18-14(20)12-8-16-5-7-21-12/h2,4,8-9,16H,3,5-7,15H2,1H3,(H,17,18,20)/t9-/m1/s1. The van der Waals surface area contributed by atoms with E-state index in [0.29, 0.717) is 4.91 Å². The van der Waals surface area contributed by atoms with Gasteiger partial charge in [-0.1, -0.05) is 0 Å². The van der Waals surface area contributed by atoms with Crippen LogP contribution in [0.5, 0.6) is 0 Å². The first-order valence-corrected chi connectivity index (χ1v) is 8.03. The van der Waals surface area contributed by atoms with E-state index >= 15 is 0 Å². The molecular formula is C14H19N5OS. The van der Waals surface area contributed by atoms with E-state index in [1.54, 1.807) is 24.2 Å². The largest absolute Gasteiger partial charge is 0.389 e. The molecule has 112 valence electrons. The van der Waals surface area contributed by atoms with Crippen LogP contribution in [0.1, 0.15) is 12.5 Å². The lowest BCUT2D eigenvalue weighted by Gasteiger charge is -2.22. The molecule has 0 saturated heterocycles. The molecule has 0 bridgehead atoms. The van der Waals surface area contributed by atoms with Crippen LogP contribution in [-0.2, 0) is 11.2 Å². The molecule has 1 amide bonds. The summed E-state index contributed by atoms with van der Waals surface area (Å²) in [5.41, 5.74) is 7.86. The number of rotatable bonds is 3. The van der Waals surface area contributed by atoms with Gasteiger partial charge in [-0.2, -0.15) is 0 Å². The summed E-state index contributed by atoms with van der Waals surface area (Å²) >= 11 is 1.57. The van der Waals surface area contributed by atoms with Crippen molar-refractivity contribution in [2.45, 2.75) is 19.5 Å².